The predicted molar refractivity (Wildman–Crippen MR) is 91.0 cm³/mol. The molecule has 5 nitrogen and oxygen atoms in total. The largest absolute Gasteiger partial charge is 0.379 e. The molecule has 1 heterocycles. The first-order valence-corrected chi connectivity index (χ1v) is 8.16. The van der Waals surface area contributed by atoms with Gasteiger partial charge in [0, 0.05) is 39.8 Å². The third-order valence-electron chi connectivity index (χ3n) is 3.86. The number of nitrogens with zero attached hydrogens (tertiary/aromatic N) is 2. The first kappa shape index (κ1) is 17.7. The van der Waals surface area contributed by atoms with E-state index in [1.807, 2.05) is 6.07 Å². The predicted octanol–water partition coefficient (Wildman–Crippen LogP) is 1.46. The van der Waals surface area contributed by atoms with E-state index >= 15 is 0 Å². The minimum atomic E-state index is -0.216. The highest BCUT2D eigenvalue weighted by Crippen LogP contribution is 2.04. The van der Waals surface area contributed by atoms with Gasteiger partial charge in [-0.1, -0.05) is 19.1 Å². The molecule has 1 aromatic carbocycles. The first-order valence-electron chi connectivity index (χ1n) is 8.16. The Morgan fingerprint density at radius 2 is 2.13 bits per heavy atom. The Kier molecular flexibility index (Phi) is 7.29. The second kappa shape index (κ2) is 9.47. The van der Waals surface area contributed by atoms with E-state index in [1.165, 1.54) is 12.1 Å². The number of benzene rings is 1. The SMILES string of the molecule is CN=C(NCc1cccc(F)c1)NCC(C)CN1CCOCC1. The molecule has 1 aromatic rings. The van der Waals surface area contributed by atoms with E-state index in [9.17, 15) is 4.39 Å². The summed E-state index contributed by atoms with van der Waals surface area (Å²) in [6.07, 6.45) is 0. The third kappa shape index (κ3) is 6.54. The van der Waals surface area contributed by atoms with Gasteiger partial charge in [-0.25, -0.2) is 4.39 Å². The number of aliphatic imine (C=N–C) groups is 1. The van der Waals surface area contributed by atoms with Gasteiger partial charge in [-0.05, 0) is 23.6 Å². The van der Waals surface area contributed by atoms with Crippen molar-refractivity contribution in [2.45, 2.75) is 13.5 Å². The summed E-state index contributed by atoms with van der Waals surface area (Å²) in [5.41, 5.74) is 0.898. The van der Waals surface area contributed by atoms with Gasteiger partial charge in [-0.2, -0.15) is 0 Å². The van der Waals surface area contributed by atoms with Crippen molar-refractivity contribution in [1.82, 2.24) is 15.5 Å². The molecule has 6 heteroatoms. The van der Waals surface area contributed by atoms with Crippen LogP contribution in [0, 0.1) is 11.7 Å². The lowest BCUT2D eigenvalue weighted by Gasteiger charge is -2.29. The van der Waals surface area contributed by atoms with Crippen molar-refractivity contribution in [3.05, 3.63) is 35.6 Å². The van der Waals surface area contributed by atoms with Gasteiger partial charge in [0.2, 0.25) is 0 Å². The summed E-state index contributed by atoms with van der Waals surface area (Å²) in [6.45, 7) is 8.36. The van der Waals surface area contributed by atoms with E-state index in [4.69, 9.17) is 4.74 Å². The number of hydrogen-bond acceptors (Lipinski definition) is 3. The molecule has 0 bridgehead atoms. The second-order valence-corrected chi connectivity index (χ2v) is 5.95. The summed E-state index contributed by atoms with van der Waals surface area (Å²) >= 11 is 0. The van der Waals surface area contributed by atoms with E-state index in [2.05, 4.69) is 27.4 Å². The fourth-order valence-electron chi connectivity index (χ4n) is 2.61. The molecule has 128 valence electrons. The molecule has 0 saturated carbocycles. The molecule has 1 aliphatic heterocycles. The molecule has 0 amide bonds. The van der Waals surface area contributed by atoms with Crippen molar-refractivity contribution in [2.75, 3.05) is 46.4 Å². The molecular weight excluding hydrogens is 295 g/mol. The molecule has 0 radical (unpaired) electrons. The Balaban J connectivity index is 1.69. The van der Waals surface area contributed by atoms with Crippen LogP contribution in [0.1, 0.15) is 12.5 Å². The zero-order valence-corrected chi connectivity index (χ0v) is 14.0. The highest BCUT2D eigenvalue weighted by Gasteiger charge is 2.13. The van der Waals surface area contributed by atoms with Crippen LogP contribution in [0.15, 0.2) is 29.3 Å². The average molecular weight is 322 g/mol. The minimum absolute atomic E-state index is 0.216. The molecule has 1 saturated heterocycles. The van der Waals surface area contributed by atoms with Crippen LogP contribution in [0.4, 0.5) is 4.39 Å². The van der Waals surface area contributed by atoms with Gasteiger partial charge in [0.05, 0.1) is 13.2 Å². The molecule has 1 aliphatic rings. The number of ether oxygens (including phenoxy) is 1. The molecule has 0 aliphatic carbocycles. The second-order valence-electron chi connectivity index (χ2n) is 5.95. The number of guanidine groups is 1. The van der Waals surface area contributed by atoms with Crippen molar-refractivity contribution in [3.8, 4) is 0 Å². The monoisotopic (exact) mass is 322 g/mol. The summed E-state index contributed by atoms with van der Waals surface area (Å²) in [7, 11) is 1.74. The van der Waals surface area contributed by atoms with Gasteiger partial charge in [-0.3, -0.25) is 9.89 Å². The topological polar surface area (TPSA) is 48.9 Å². The smallest absolute Gasteiger partial charge is 0.191 e. The Morgan fingerprint density at radius 3 is 2.83 bits per heavy atom. The van der Waals surface area contributed by atoms with Crippen LogP contribution in [0.3, 0.4) is 0 Å². The van der Waals surface area contributed by atoms with Crippen molar-refractivity contribution in [1.29, 1.82) is 0 Å². The van der Waals surface area contributed by atoms with Crippen LogP contribution >= 0.6 is 0 Å². The normalized spacial score (nSPS) is 17.8. The maximum Gasteiger partial charge on any atom is 0.191 e. The van der Waals surface area contributed by atoms with Crippen LogP contribution in [-0.4, -0.2) is 57.3 Å². The highest BCUT2D eigenvalue weighted by atomic mass is 19.1. The van der Waals surface area contributed by atoms with Crippen molar-refractivity contribution < 1.29 is 9.13 Å². The molecule has 0 spiro atoms. The van der Waals surface area contributed by atoms with Gasteiger partial charge < -0.3 is 15.4 Å². The molecule has 2 rings (SSSR count). The van der Waals surface area contributed by atoms with Gasteiger partial charge in [0.1, 0.15) is 5.82 Å². The number of rotatable bonds is 6. The Labute approximate surface area is 137 Å². The summed E-state index contributed by atoms with van der Waals surface area (Å²) in [5.74, 6) is 1.04. The summed E-state index contributed by atoms with van der Waals surface area (Å²) < 4.78 is 18.5. The molecule has 0 aromatic heterocycles. The lowest BCUT2D eigenvalue weighted by Crippen LogP contribution is -2.43. The van der Waals surface area contributed by atoms with Crippen LogP contribution in [0.25, 0.3) is 0 Å². The fraction of sp³-hybridized carbons (Fsp3) is 0.588. The van der Waals surface area contributed by atoms with E-state index in [0.29, 0.717) is 12.5 Å². The lowest BCUT2D eigenvalue weighted by atomic mass is 10.1. The summed E-state index contributed by atoms with van der Waals surface area (Å²) in [4.78, 5) is 6.64. The van der Waals surface area contributed by atoms with Crippen molar-refractivity contribution in [2.24, 2.45) is 10.9 Å². The molecule has 23 heavy (non-hydrogen) atoms. The van der Waals surface area contributed by atoms with Crippen LogP contribution in [0.2, 0.25) is 0 Å². The molecular formula is C17H27FN4O. The standard InChI is InChI=1S/C17H27FN4O/c1-14(13-22-6-8-23-9-7-22)11-20-17(19-2)21-12-15-4-3-5-16(18)10-15/h3-5,10,14H,6-9,11-13H2,1-2H3,(H2,19,20,21). The van der Waals surface area contributed by atoms with E-state index in [0.717, 1.165) is 50.9 Å². The third-order valence-corrected chi connectivity index (χ3v) is 3.86. The maximum absolute atomic E-state index is 13.2. The Hall–Kier alpha value is -1.66. The van der Waals surface area contributed by atoms with Crippen molar-refractivity contribution >= 4 is 5.96 Å². The zero-order chi connectivity index (χ0) is 16.5. The number of halogens is 1. The zero-order valence-electron chi connectivity index (χ0n) is 14.0. The average Bonchev–Trinajstić information content (AvgIpc) is 2.56. The van der Waals surface area contributed by atoms with Crippen LogP contribution in [-0.2, 0) is 11.3 Å². The quantitative estimate of drug-likeness (QED) is 0.615. The molecule has 1 unspecified atom stereocenters. The number of nitrogens with one attached hydrogen (secondary N) is 2. The van der Waals surface area contributed by atoms with E-state index in [-0.39, 0.29) is 5.82 Å². The van der Waals surface area contributed by atoms with Gasteiger partial charge in [0.25, 0.3) is 0 Å². The number of morpholine rings is 1. The van der Waals surface area contributed by atoms with Gasteiger partial charge in [-0.15, -0.1) is 0 Å². The fourth-order valence-corrected chi connectivity index (χ4v) is 2.61. The summed E-state index contributed by atoms with van der Waals surface area (Å²) in [5, 5.41) is 6.54. The molecule has 1 atom stereocenters. The van der Waals surface area contributed by atoms with Gasteiger partial charge in [0.15, 0.2) is 5.96 Å². The lowest BCUT2D eigenvalue weighted by molar-refractivity contribution is 0.0320. The molecule has 2 N–H and O–H groups in total. The minimum Gasteiger partial charge on any atom is -0.379 e. The first-order chi connectivity index (χ1) is 11.2. The molecule has 1 fully saturated rings. The van der Waals surface area contributed by atoms with Crippen LogP contribution < -0.4 is 10.6 Å². The highest BCUT2D eigenvalue weighted by molar-refractivity contribution is 5.79. The van der Waals surface area contributed by atoms with Crippen LogP contribution in [0.5, 0.6) is 0 Å². The maximum atomic E-state index is 13.2. The van der Waals surface area contributed by atoms with Gasteiger partial charge >= 0.3 is 0 Å². The van der Waals surface area contributed by atoms with E-state index < -0.39 is 0 Å². The van der Waals surface area contributed by atoms with E-state index in [1.54, 1.807) is 13.1 Å². The number of hydrogen-bond donors (Lipinski definition) is 2. The van der Waals surface area contributed by atoms with Crippen molar-refractivity contribution in [3.63, 3.8) is 0 Å². The Bertz CT molecular complexity index is 503. The summed E-state index contributed by atoms with van der Waals surface area (Å²) in [6, 6.07) is 6.59. The Morgan fingerprint density at radius 1 is 1.35 bits per heavy atom.